The predicted octanol–water partition coefficient (Wildman–Crippen LogP) is 5.71. The van der Waals surface area contributed by atoms with Crippen molar-refractivity contribution < 1.29 is 4.43 Å². The lowest BCUT2D eigenvalue weighted by molar-refractivity contribution is 0.277. The summed E-state index contributed by atoms with van der Waals surface area (Å²) in [6, 6.07) is 5.90. The van der Waals surface area contributed by atoms with E-state index in [0.717, 1.165) is 15.7 Å². The number of halogens is 1. The number of nitrogens with zero attached hydrogens (tertiary/aromatic N) is 1. The van der Waals surface area contributed by atoms with Gasteiger partial charge in [-0.1, -0.05) is 36.7 Å². The third kappa shape index (κ3) is 4.62. The fourth-order valence-electron chi connectivity index (χ4n) is 1.30. The summed E-state index contributed by atoms with van der Waals surface area (Å²) in [5.41, 5.74) is 1.87. The zero-order valence-corrected chi connectivity index (χ0v) is 15.5. The molecule has 0 amide bonds. The number of hydrogen-bond donors (Lipinski definition) is 0. The van der Waals surface area contributed by atoms with Gasteiger partial charge in [0.15, 0.2) is 8.32 Å². The Balaban J connectivity index is 2.94. The highest BCUT2D eigenvalue weighted by Crippen LogP contribution is 2.37. The lowest BCUT2D eigenvalue weighted by Crippen LogP contribution is -2.40. The maximum Gasteiger partial charge on any atom is 0.192 e. The van der Waals surface area contributed by atoms with Crippen LogP contribution < -0.4 is 0 Å². The molecular weight excluding hydrogens is 338 g/mol. The molecule has 0 fully saturated rings. The van der Waals surface area contributed by atoms with Crippen LogP contribution in [-0.4, -0.2) is 13.5 Å². The molecule has 0 aliphatic rings. The van der Waals surface area contributed by atoms with Crippen molar-refractivity contribution in [2.24, 2.45) is 4.99 Å². The lowest BCUT2D eigenvalue weighted by atomic mass is 10.2. The Morgan fingerprint density at radius 2 is 2.00 bits per heavy atom. The van der Waals surface area contributed by atoms with Gasteiger partial charge in [-0.3, -0.25) is 0 Å². The first-order valence-electron chi connectivity index (χ1n) is 6.17. The van der Waals surface area contributed by atoms with E-state index < -0.39 is 8.32 Å². The molecule has 0 saturated carbocycles. The van der Waals surface area contributed by atoms with E-state index >= 15 is 0 Å². The Morgan fingerprint density at radius 1 is 1.37 bits per heavy atom. The number of hydrogen-bond acceptors (Lipinski definition) is 3. The van der Waals surface area contributed by atoms with Crippen LogP contribution in [0.2, 0.25) is 18.1 Å². The fraction of sp³-hybridized carbons (Fsp3) is 0.500. The minimum Gasteiger partial charge on any atom is -0.412 e. The van der Waals surface area contributed by atoms with Crippen LogP contribution >= 0.6 is 28.1 Å². The Labute approximate surface area is 130 Å². The van der Waals surface area contributed by atoms with Gasteiger partial charge in [0, 0.05) is 10.0 Å². The molecule has 0 saturated heterocycles. The summed E-state index contributed by atoms with van der Waals surface area (Å²) in [6.45, 7) is 11.7. The van der Waals surface area contributed by atoms with Crippen molar-refractivity contribution in [2.45, 2.75) is 45.5 Å². The molecule has 0 aromatic heterocycles. The normalized spacial score (nSPS) is 12.1. The van der Waals surface area contributed by atoms with Gasteiger partial charge in [0.1, 0.15) is 0 Å². The monoisotopic (exact) mass is 357 g/mol. The highest BCUT2D eigenvalue weighted by molar-refractivity contribution is 9.10. The van der Waals surface area contributed by atoms with Crippen LogP contribution in [0.4, 0.5) is 5.69 Å². The second-order valence-corrected chi connectivity index (χ2v) is 11.9. The van der Waals surface area contributed by atoms with Crippen molar-refractivity contribution in [3.8, 4) is 0 Å². The van der Waals surface area contributed by atoms with Crippen LogP contribution in [0.1, 0.15) is 26.3 Å². The van der Waals surface area contributed by atoms with E-state index in [4.69, 9.17) is 4.43 Å². The molecule has 0 aliphatic heterocycles. The number of benzene rings is 1. The van der Waals surface area contributed by atoms with E-state index in [0.29, 0.717) is 6.61 Å². The molecule has 0 atom stereocenters. The van der Waals surface area contributed by atoms with Crippen molar-refractivity contribution >= 4 is 47.3 Å². The van der Waals surface area contributed by atoms with Gasteiger partial charge in [-0.05, 0) is 48.5 Å². The molecule has 0 N–H and O–H groups in total. The zero-order chi connectivity index (χ0) is 14.7. The van der Waals surface area contributed by atoms with Gasteiger partial charge in [0.25, 0.3) is 0 Å². The van der Waals surface area contributed by atoms with Crippen molar-refractivity contribution in [3.05, 3.63) is 28.2 Å². The second-order valence-electron chi connectivity index (χ2n) is 6.03. The number of aliphatic imine (C=N–C) groups is 1. The Hall–Kier alpha value is -0.323. The first-order chi connectivity index (χ1) is 8.67. The van der Waals surface area contributed by atoms with E-state index in [2.05, 4.69) is 72.2 Å². The highest BCUT2D eigenvalue weighted by atomic mass is 79.9. The van der Waals surface area contributed by atoms with Gasteiger partial charge < -0.3 is 4.43 Å². The quantitative estimate of drug-likeness (QED) is 0.391. The average molecular weight is 358 g/mol. The lowest BCUT2D eigenvalue weighted by Gasteiger charge is -2.36. The standard InChI is InChI=1S/C14H20BrNOSSi/c1-14(2,3)19(4,5)17-9-11-8-12(15)6-7-13(11)16-10-18/h6-8H,9H2,1-5H3. The van der Waals surface area contributed by atoms with Crippen LogP contribution in [-0.2, 0) is 11.0 Å². The van der Waals surface area contributed by atoms with E-state index in [1.54, 1.807) is 0 Å². The minimum atomic E-state index is -1.75. The summed E-state index contributed by atoms with van der Waals surface area (Å²) >= 11 is 8.16. The summed E-state index contributed by atoms with van der Waals surface area (Å²) in [6.07, 6.45) is 0. The molecule has 2 nitrogen and oxygen atoms in total. The van der Waals surface area contributed by atoms with Gasteiger partial charge in [0.2, 0.25) is 0 Å². The van der Waals surface area contributed by atoms with Crippen molar-refractivity contribution in [1.82, 2.24) is 0 Å². The van der Waals surface area contributed by atoms with E-state index in [-0.39, 0.29) is 5.04 Å². The molecule has 104 valence electrons. The molecule has 0 heterocycles. The van der Waals surface area contributed by atoms with Crippen LogP contribution in [0.3, 0.4) is 0 Å². The SMILES string of the molecule is CC(C)(C)[Si](C)(C)OCc1cc(Br)ccc1N=C=S. The topological polar surface area (TPSA) is 21.6 Å². The summed E-state index contributed by atoms with van der Waals surface area (Å²) in [4.78, 5) is 4.09. The molecule has 0 radical (unpaired) electrons. The number of rotatable bonds is 4. The van der Waals surface area contributed by atoms with Crippen molar-refractivity contribution in [3.63, 3.8) is 0 Å². The van der Waals surface area contributed by atoms with Crippen LogP contribution in [0, 0.1) is 0 Å². The summed E-state index contributed by atoms with van der Waals surface area (Å²) in [5.74, 6) is 0. The highest BCUT2D eigenvalue weighted by Gasteiger charge is 2.37. The largest absolute Gasteiger partial charge is 0.412 e. The first-order valence-corrected chi connectivity index (χ1v) is 10.3. The van der Waals surface area contributed by atoms with Crippen LogP contribution in [0.25, 0.3) is 0 Å². The fourth-order valence-corrected chi connectivity index (χ4v) is 2.76. The molecular formula is C14H20BrNOSSi. The Bertz CT molecular complexity index is 505. The molecule has 0 aliphatic carbocycles. The Kier molecular flexibility index (Phi) is 5.65. The molecule has 1 aromatic carbocycles. The molecule has 1 rings (SSSR count). The van der Waals surface area contributed by atoms with Crippen LogP contribution in [0.5, 0.6) is 0 Å². The average Bonchev–Trinajstić information content (AvgIpc) is 2.28. The molecule has 1 aromatic rings. The molecule has 0 bridgehead atoms. The summed E-state index contributed by atoms with van der Waals surface area (Å²) < 4.78 is 7.24. The van der Waals surface area contributed by atoms with E-state index in [1.165, 1.54) is 0 Å². The smallest absolute Gasteiger partial charge is 0.192 e. The first kappa shape index (κ1) is 16.7. The molecule has 0 spiro atoms. The van der Waals surface area contributed by atoms with E-state index in [1.807, 2.05) is 18.2 Å². The van der Waals surface area contributed by atoms with Gasteiger partial charge in [-0.25, -0.2) is 0 Å². The van der Waals surface area contributed by atoms with E-state index in [9.17, 15) is 0 Å². The number of isothiocyanates is 1. The minimum absolute atomic E-state index is 0.201. The van der Waals surface area contributed by atoms with Gasteiger partial charge in [-0.2, -0.15) is 4.99 Å². The van der Waals surface area contributed by atoms with Gasteiger partial charge in [-0.15, -0.1) is 0 Å². The maximum atomic E-state index is 6.22. The predicted molar refractivity (Wildman–Crippen MR) is 90.8 cm³/mol. The Morgan fingerprint density at radius 3 is 2.53 bits per heavy atom. The van der Waals surface area contributed by atoms with Gasteiger partial charge in [0.05, 0.1) is 17.5 Å². The second kappa shape index (κ2) is 6.42. The third-order valence-electron chi connectivity index (χ3n) is 3.60. The maximum absolute atomic E-state index is 6.22. The van der Waals surface area contributed by atoms with Crippen LogP contribution in [0.15, 0.2) is 27.7 Å². The summed E-state index contributed by atoms with van der Waals surface area (Å²) in [7, 11) is -1.75. The molecule has 19 heavy (non-hydrogen) atoms. The third-order valence-corrected chi connectivity index (χ3v) is 8.67. The molecule has 5 heteroatoms. The molecule has 0 unspecified atom stereocenters. The number of thiocarbonyl (C=S) groups is 1. The zero-order valence-electron chi connectivity index (χ0n) is 12.1. The van der Waals surface area contributed by atoms with Crippen molar-refractivity contribution in [2.75, 3.05) is 0 Å². The van der Waals surface area contributed by atoms with Gasteiger partial charge >= 0.3 is 0 Å². The summed E-state index contributed by atoms with van der Waals surface area (Å²) in [5, 5.41) is 2.62. The van der Waals surface area contributed by atoms with Crippen molar-refractivity contribution in [1.29, 1.82) is 0 Å².